The number of alkyl carbamates (subject to hydrolysis) is 1. The highest BCUT2D eigenvalue weighted by Crippen LogP contribution is 2.33. The number of β-lactam (4-membered cyclic amide) rings is 1. The van der Waals surface area contributed by atoms with Gasteiger partial charge in [-0.05, 0) is 11.1 Å². The highest BCUT2D eigenvalue weighted by atomic mass is 16.5. The molecule has 2 aliphatic rings. The Bertz CT molecular complexity index is 1010. The van der Waals surface area contributed by atoms with Crippen molar-refractivity contribution in [2.45, 2.75) is 38.4 Å². The molecule has 4 rings (SSSR count). The molecule has 2 unspecified atom stereocenters. The molecule has 1 N–H and O–H groups in total. The van der Waals surface area contributed by atoms with Gasteiger partial charge in [0.15, 0.2) is 0 Å². The first-order chi connectivity index (χ1) is 15.5. The van der Waals surface area contributed by atoms with E-state index in [2.05, 4.69) is 5.32 Å². The van der Waals surface area contributed by atoms with Crippen molar-refractivity contribution < 1.29 is 28.7 Å². The summed E-state index contributed by atoms with van der Waals surface area (Å²) in [7, 11) is 0. The number of nitrogens with one attached hydrogen (secondary N) is 1. The number of rotatable bonds is 6. The minimum absolute atomic E-state index is 0.0299. The monoisotopic (exact) mass is 437 g/mol. The van der Waals surface area contributed by atoms with Crippen LogP contribution in [0.5, 0.6) is 0 Å². The molecule has 0 aromatic heterocycles. The van der Waals surface area contributed by atoms with Crippen molar-refractivity contribution >= 4 is 23.9 Å². The van der Waals surface area contributed by atoms with E-state index in [1.807, 2.05) is 60.7 Å². The van der Waals surface area contributed by atoms with E-state index in [-0.39, 0.29) is 25.7 Å². The molecule has 0 radical (unpaired) electrons. The fraction of sp³-hybridized carbons (Fsp3) is 0.304. The molecule has 9 heteroatoms. The lowest BCUT2D eigenvalue weighted by Gasteiger charge is -2.43. The van der Waals surface area contributed by atoms with Crippen LogP contribution < -0.4 is 5.32 Å². The molecule has 3 amide bonds. The lowest BCUT2D eigenvalue weighted by molar-refractivity contribution is -0.169. The summed E-state index contributed by atoms with van der Waals surface area (Å²) in [6.45, 7) is 1.54. The van der Waals surface area contributed by atoms with Crippen LogP contribution in [-0.4, -0.2) is 58.5 Å². The Morgan fingerprint density at radius 2 is 1.50 bits per heavy atom. The van der Waals surface area contributed by atoms with Crippen LogP contribution in [0.4, 0.5) is 4.79 Å². The van der Waals surface area contributed by atoms with Gasteiger partial charge in [0.05, 0.1) is 6.04 Å². The van der Waals surface area contributed by atoms with E-state index in [9.17, 15) is 19.2 Å². The largest absolute Gasteiger partial charge is 0.458 e. The highest BCUT2D eigenvalue weighted by molar-refractivity contribution is 5.98. The molecule has 0 spiro atoms. The Morgan fingerprint density at radius 3 is 2.06 bits per heavy atom. The predicted molar refractivity (Wildman–Crippen MR) is 112 cm³/mol. The molecule has 0 aliphatic carbocycles. The van der Waals surface area contributed by atoms with E-state index in [1.165, 1.54) is 16.7 Å². The third-order valence-corrected chi connectivity index (χ3v) is 5.53. The van der Waals surface area contributed by atoms with E-state index >= 15 is 0 Å². The Kier molecular flexibility index (Phi) is 6.07. The second kappa shape index (κ2) is 9.09. The average molecular weight is 437 g/mol. The van der Waals surface area contributed by atoms with Gasteiger partial charge in [-0.2, -0.15) is 0 Å². The standard InChI is InChI=1S/C23H23N3O6/c1-15(27)25-12-18-19(24-23(30)32-14-17-10-6-3-7-11-17)21(28)26(18)20(25)22(29)31-13-16-8-4-2-5-9-16/h2-11,18-20H,12-14H2,1H3,(H,24,30)/t18?,19-,20?/m0/s1. The van der Waals surface area contributed by atoms with E-state index in [0.29, 0.717) is 0 Å². The van der Waals surface area contributed by atoms with E-state index in [1.54, 1.807) is 0 Å². The van der Waals surface area contributed by atoms with Crippen molar-refractivity contribution in [1.29, 1.82) is 0 Å². The summed E-state index contributed by atoms with van der Waals surface area (Å²) in [4.78, 5) is 52.3. The predicted octanol–water partition coefficient (Wildman–Crippen LogP) is 1.42. The number of fused-ring (bicyclic) bond motifs is 1. The quantitative estimate of drug-likeness (QED) is 0.541. The molecular formula is C23H23N3O6. The van der Waals surface area contributed by atoms with Crippen molar-refractivity contribution in [3.8, 4) is 0 Å². The Balaban J connectivity index is 1.37. The average Bonchev–Trinajstić information content (AvgIpc) is 3.18. The zero-order valence-electron chi connectivity index (χ0n) is 17.5. The molecule has 0 bridgehead atoms. The van der Waals surface area contributed by atoms with Crippen LogP contribution in [0.15, 0.2) is 60.7 Å². The molecule has 2 aromatic rings. The van der Waals surface area contributed by atoms with Gasteiger partial charge >= 0.3 is 12.1 Å². The Morgan fingerprint density at radius 1 is 0.938 bits per heavy atom. The SMILES string of the molecule is CC(=O)N1CC2[C@H](NC(=O)OCc3ccccc3)C(=O)N2C1C(=O)OCc1ccccc1. The van der Waals surface area contributed by atoms with Gasteiger partial charge in [-0.15, -0.1) is 0 Å². The Labute approximate surface area is 184 Å². The molecule has 3 atom stereocenters. The number of ether oxygens (including phenoxy) is 2. The topological polar surface area (TPSA) is 105 Å². The molecule has 2 aromatic carbocycles. The number of carbonyl (C=O) groups excluding carboxylic acids is 4. The maximum atomic E-state index is 12.7. The Hall–Kier alpha value is -3.88. The van der Waals surface area contributed by atoms with Crippen molar-refractivity contribution in [2.75, 3.05) is 6.54 Å². The summed E-state index contributed by atoms with van der Waals surface area (Å²) in [5.74, 6) is -1.51. The van der Waals surface area contributed by atoms with Crippen LogP contribution >= 0.6 is 0 Å². The van der Waals surface area contributed by atoms with Crippen LogP contribution in [0.2, 0.25) is 0 Å². The van der Waals surface area contributed by atoms with Crippen molar-refractivity contribution in [2.24, 2.45) is 0 Å². The van der Waals surface area contributed by atoms with Crippen molar-refractivity contribution in [3.63, 3.8) is 0 Å². The first-order valence-electron chi connectivity index (χ1n) is 10.2. The first kappa shape index (κ1) is 21.4. The van der Waals surface area contributed by atoms with Gasteiger partial charge in [-0.25, -0.2) is 9.59 Å². The van der Waals surface area contributed by atoms with Gasteiger partial charge in [0.1, 0.15) is 19.3 Å². The smallest absolute Gasteiger partial charge is 0.408 e. The third-order valence-electron chi connectivity index (χ3n) is 5.53. The second-order valence-electron chi connectivity index (χ2n) is 7.63. The highest BCUT2D eigenvalue weighted by Gasteiger charge is 2.61. The number of hydrogen-bond donors (Lipinski definition) is 1. The van der Waals surface area contributed by atoms with Crippen LogP contribution in [0.3, 0.4) is 0 Å². The molecule has 9 nitrogen and oxygen atoms in total. The number of benzene rings is 2. The summed E-state index contributed by atoms with van der Waals surface area (Å²) in [5, 5.41) is 2.54. The number of carbonyl (C=O) groups is 4. The summed E-state index contributed by atoms with van der Waals surface area (Å²) in [6.07, 6.45) is -1.89. The summed E-state index contributed by atoms with van der Waals surface area (Å²) < 4.78 is 10.5. The molecular weight excluding hydrogens is 414 g/mol. The number of amides is 3. The van der Waals surface area contributed by atoms with Gasteiger partial charge < -0.3 is 24.6 Å². The number of hydrogen-bond acceptors (Lipinski definition) is 6. The van der Waals surface area contributed by atoms with Gasteiger partial charge in [-0.3, -0.25) is 9.59 Å². The first-order valence-corrected chi connectivity index (χ1v) is 10.2. The lowest BCUT2D eigenvalue weighted by atomic mass is 9.97. The minimum atomic E-state index is -1.15. The maximum absolute atomic E-state index is 12.7. The third kappa shape index (κ3) is 4.27. The van der Waals surface area contributed by atoms with E-state index < -0.39 is 36.2 Å². The zero-order chi connectivity index (χ0) is 22.7. The van der Waals surface area contributed by atoms with Gasteiger partial charge in [0, 0.05) is 13.5 Å². The van der Waals surface area contributed by atoms with Crippen LogP contribution in [0.1, 0.15) is 18.1 Å². The normalized spacial score (nSPS) is 21.4. The molecule has 2 fully saturated rings. The second-order valence-corrected chi connectivity index (χ2v) is 7.63. The molecule has 2 heterocycles. The van der Waals surface area contributed by atoms with Crippen LogP contribution in [-0.2, 0) is 37.1 Å². The maximum Gasteiger partial charge on any atom is 0.408 e. The molecule has 166 valence electrons. The molecule has 2 aliphatic heterocycles. The summed E-state index contributed by atoms with van der Waals surface area (Å²) >= 11 is 0. The van der Waals surface area contributed by atoms with Gasteiger partial charge in [0.25, 0.3) is 0 Å². The molecule has 0 saturated carbocycles. The van der Waals surface area contributed by atoms with Gasteiger partial charge in [-0.1, -0.05) is 60.7 Å². The number of esters is 1. The van der Waals surface area contributed by atoms with Gasteiger partial charge in [0.2, 0.25) is 18.0 Å². The molecule has 32 heavy (non-hydrogen) atoms. The van der Waals surface area contributed by atoms with Crippen molar-refractivity contribution in [1.82, 2.24) is 15.1 Å². The van der Waals surface area contributed by atoms with Crippen LogP contribution in [0, 0.1) is 0 Å². The summed E-state index contributed by atoms with van der Waals surface area (Å²) in [5.41, 5.74) is 1.61. The van der Waals surface area contributed by atoms with Crippen LogP contribution in [0.25, 0.3) is 0 Å². The zero-order valence-corrected chi connectivity index (χ0v) is 17.5. The fourth-order valence-corrected chi connectivity index (χ4v) is 3.91. The van der Waals surface area contributed by atoms with Crippen molar-refractivity contribution in [3.05, 3.63) is 71.8 Å². The van der Waals surface area contributed by atoms with E-state index in [4.69, 9.17) is 9.47 Å². The minimum Gasteiger partial charge on any atom is -0.458 e. The fourth-order valence-electron chi connectivity index (χ4n) is 3.91. The molecule has 2 saturated heterocycles. The lowest BCUT2D eigenvalue weighted by Crippen LogP contribution is -2.71. The summed E-state index contributed by atoms with van der Waals surface area (Å²) in [6, 6.07) is 16.9. The van der Waals surface area contributed by atoms with E-state index in [0.717, 1.165) is 11.1 Å². The number of nitrogens with zero attached hydrogens (tertiary/aromatic N) is 2.